The lowest BCUT2D eigenvalue weighted by Crippen LogP contribution is -2.61. The fourth-order valence-electron chi connectivity index (χ4n) is 4.59. The van der Waals surface area contributed by atoms with Crippen LogP contribution in [0.15, 0.2) is 24.3 Å². The number of rotatable bonds is 4. The van der Waals surface area contributed by atoms with Gasteiger partial charge in [0, 0.05) is 44.3 Å². The van der Waals surface area contributed by atoms with Crippen LogP contribution >= 0.6 is 0 Å². The second kappa shape index (κ2) is 7.48. The number of alkyl halides is 2. The summed E-state index contributed by atoms with van der Waals surface area (Å²) in [5.41, 5.74) is 0.402. The van der Waals surface area contributed by atoms with Gasteiger partial charge in [0.1, 0.15) is 5.75 Å². The van der Waals surface area contributed by atoms with E-state index in [2.05, 4.69) is 14.5 Å². The highest BCUT2D eigenvalue weighted by molar-refractivity contribution is 5.94. The number of piperazine rings is 1. The first-order valence-corrected chi connectivity index (χ1v) is 9.41. The number of hydrogen-bond donors (Lipinski definition) is 0. The molecule has 142 valence electrons. The van der Waals surface area contributed by atoms with E-state index >= 15 is 0 Å². The molecule has 5 rings (SSSR count). The summed E-state index contributed by atoms with van der Waals surface area (Å²) in [5.74, 6) is 0.709. The Balaban J connectivity index is 1.35. The van der Waals surface area contributed by atoms with Crippen LogP contribution in [-0.2, 0) is 0 Å². The number of ether oxygens (including phenoxy) is 1. The molecule has 4 heterocycles. The maximum atomic E-state index is 12.7. The predicted molar refractivity (Wildman–Crippen MR) is 93.5 cm³/mol. The lowest BCUT2D eigenvalue weighted by atomic mass is 9.83. The molecule has 4 aliphatic rings. The number of nitrogens with zero attached hydrogens (tertiary/aromatic N) is 3. The minimum Gasteiger partial charge on any atom is -0.435 e. The van der Waals surface area contributed by atoms with Gasteiger partial charge in [0.05, 0.1) is 0 Å². The van der Waals surface area contributed by atoms with Gasteiger partial charge in [-0.15, -0.1) is 0 Å². The zero-order valence-corrected chi connectivity index (χ0v) is 14.8. The van der Waals surface area contributed by atoms with E-state index < -0.39 is 6.61 Å². The second-order valence-electron chi connectivity index (χ2n) is 7.44. The van der Waals surface area contributed by atoms with Crippen molar-refractivity contribution >= 4 is 5.91 Å². The van der Waals surface area contributed by atoms with Crippen LogP contribution in [0, 0.1) is 5.92 Å². The van der Waals surface area contributed by atoms with E-state index in [0.717, 1.165) is 25.6 Å². The molecule has 4 aliphatic heterocycles. The van der Waals surface area contributed by atoms with Crippen molar-refractivity contribution in [2.75, 3.05) is 45.8 Å². The number of fused-ring (bicyclic) bond motifs is 3. The van der Waals surface area contributed by atoms with Crippen molar-refractivity contribution in [2.45, 2.75) is 25.5 Å². The molecule has 1 aromatic carbocycles. The van der Waals surface area contributed by atoms with Gasteiger partial charge in [0.25, 0.3) is 5.91 Å². The lowest BCUT2D eigenvalue weighted by molar-refractivity contribution is -0.0499. The van der Waals surface area contributed by atoms with Crippen molar-refractivity contribution in [3.8, 4) is 5.75 Å². The number of carbonyl (C=O) groups is 1. The van der Waals surface area contributed by atoms with Crippen LogP contribution in [0.25, 0.3) is 0 Å². The summed E-state index contributed by atoms with van der Waals surface area (Å²) in [4.78, 5) is 19.6. The molecule has 26 heavy (non-hydrogen) atoms. The lowest BCUT2D eigenvalue weighted by Gasteiger charge is -2.51. The highest BCUT2D eigenvalue weighted by Gasteiger charge is 2.38. The van der Waals surface area contributed by atoms with E-state index in [0.29, 0.717) is 24.7 Å². The summed E-state index contributed by atoms with van der Waals surface area (Å²) < 4.78 is 29.1. The second-order valence-corrected chi connectivity index (χ2v) is 7.44. The third-order valence-electron chi connectivity index (χ3n) is 6.00. The predicted octanol–water partition coefficient (Wildman–Crippen LogP) is 2.14. The fraction of sp³-hybridized carbons (Fsp3) is 0.632. The summed E-state index contributed by atoms with van der Waals surface area (Å²) >= 11 is 0. The van der Waals surface area contributed by atoms with Crippen molar-refractivity contribution in [1.82, 2.24) is 14.7 Å². The number of hydrogen-bond acceptors (Lipinski definition) is 4. The van der Waals surface area contributed by atoms with Gasteiger partial charge in [0.2, 0.25) is 0 Å². The molecule has 0 spiro atoms. The zero-order chi connectivity index (χ0) is 18.1. The molecule has 7 heteroatoms. The van der Waals surface area contributed by atoms with E-state index in [1.54, 1.807) is 12.1 Å². The van der Waals surface area contributed by atoms with Gasteiger partial charge in [0.15, 0.2) is 0 Å². The van der Waals surface area contributed by atoms with Gasteiger partial charge in [-0.2, -0.15) is 8.78 Å². The Morgan fingerprint density at radius 3 is 2.42 bits per heavy atom. The fourth-order valence-corrected chi connectivity index (χ4v) is 4.59. The summed E-state index contributed by atoms with van der Waals surface area (Å²) in [6, 6.07) is 6.69. The Bertz CT molecular complexity index is 641. The van der Waals surface area contributed by atoms with Crippen LogP contribution in [-0.4, -0.2) is 79.1 Å². The monoisotopic (exact) mass is 365 g/mol. The highest BCUT2D eigenvalue weighted by atomic mass is 19.3. The number of benzene rings is 1. The van der Waals surface area contributed by atoms with Crippen molar-refractivity contribution in [3.05, 3.63) is 29.8 Å². The van der Waals surface area contributed by atoms with Crippen LogP contribution in [0.3, 0.4) is 0 Å². The molecule has 4 saturated heterocycles. The van der Waals surface area contributed by atoms with Gasteiger partial charge >= 0.3 is 6.61 Å². The van der Waals surface area contributed by atoms with E-state index in [-0.39, 0.29) is 11.7 Å². The largest absolute Gasteiger partial charge is 0.435 e. The maximum absolute atomic E-state index is 12.7. The van der Waals surface area contributed by atoms with Crippen molar-refractivity contribution < 1.29 is 18.3 Å². The quantitative estimate of drug-likeness (QED) is 0.819. The maximum Gasteiger partial charge on any atom is 0.387 e. The topological polar surface area (TPSA) is 36.0 Å². The van der Waals surface area contributed by atoms with Gasteiger partial charge in [-0.25, -0.2) is 0 Å². The minimum atomic E-state index is -2.88. The molecule has 2 bridgehead atoms. The molecular formula is C19H25F2N3O2. The molecule has 0 N–H and O–H groups in total. The highest BCUT2D eigenvalue weighted by Crippen LogP contribution is 2.31. The molecule has 1 aromatic rings. The van der Waals surface area contributed by atoms with E-state index in [9.17, 15) is 13.6 Å². The molecule has 0 radical (unpaired) electrons. The van der Waals surface area contributed by atoms with Crippen LogP contribution in [0.1, 0.15) is 23.2 Å². The number of piperidine rings is 3. The number of amides is 1. The molecule has 1 amide bonds. The first-order chi connectivity index (χ1) is 12.6. The van der Waals surface area contributed by atoms with Gasteiger partial charge < -0.3 is 14.5 Å². The Kier molecular flexibility index (Phi) is 5.09. The van der Waals surface area contributed by atoms with E-state index in [1.165, 1.54) is 38.1 Å². The molecule has 0 aliphatic carbocycles. The third kappa shape index (κ3) is 3.69. The first-order valence-electron chi connectivity index (χ1n) is 9.41. The van der Waals surface area contributed by atoms with Crippen molar-refractivity contribution in [3.63, 3.8) is 0 Å². The Morgan fingerprint density at radius 1 is 1.08 bits per heavy atom. The molecular weight excluding hydrogens is 340 g/mol. The molecule has 0 saturated carbocycles. The first kappa shape index (κ1) is 17.7. The van der Waals surface area contributed by atoms with Crippen LogP contribution in [0.2, 0.25) is 0 Å². The molecule has 1 atom stereocenters. The average Bonchev–Trinajstić information content (AvgIpc) is 2.68. The molecule has 5 nitrogen and oxygen atoms in total. The van der Waals surface area contributed by atoms with Gasteiger partial charge in [-0.1, -0.05) is 6.07 Å². The normalized spacial score (nSPS) is 29.2. The Labute approximate surface area is 152 Å². The minimum absolute atomic E-state index is 0.0248. The average molecular weight is 365 g/mol. The zero-order valence-electron chi connectivity index (χ0n) is 14.8. The third-order valence-corrected chi connectivity index (χ3v) is 6.00. The smallest absolute Gasteiger partial charge is 0.387 e. The molecule has 0 aromatic heterocycles. The van der Waals surface area contributed by atoms with Crippen molar-refractivity contribution in [2.24, 2.45) is 5.92 Å². The summed E-state index contributed by atoms with van der Waals surface area (Å²) in [7, 11) is 0. The standard InChI is InChI=1S/C19H25F2N3O2/c20-19(21)26-16-3-1-2-15(12-16)18(25)24-10-8-23(9-11-24)17-13-22-6-4-14(17)5-7-22/h1-3,12,14,17,19H,4-11,13H2/t17-/m0/s1. The van der Waals surface area contributed by atoms with Crippen molar-refractivity contribution in [1.29, 1.82) is 0 Å². The van der Waals surface area contributed by atoms with Crippen LogP contribution in [0.4, 0.5) is 8.78 Å². The molecule has 0 unspecified atom stereocenters. The Morgan fingerprint density at radius 2 is 1.81 bits per heavy atom. The number of halogens is 2. The SMILES string of the molecule is O=C(c1cccc(OC(F)F)c1)N1CCN([C@H]2CN3CCC2CC3)CC1. The summed E-state index contributed by atoms with van der Waals surface area (Å²) in [6.07, 6.45) is 2.58. The Hall–Kier alpha value is -1.73. The summed E-state index contributed by atoms with van der Waals surface area (Å²) in [5, 5.41) is 0. The van der Waals surface area contributed by atoms with Crippen LogP contribution < -0.4 is 4.74 Å². The van der Waals surface area contributed by atoms with E-state index in [4.69, 9.17) is 0 Å². The van der Waals surface area contributed by atoms with Gasteiger partial charge in [-0.05, 0) is 50.0 Å². The number of carbonyl (C=O) groups excluding carboxylic acids is 1. The van der Waals surface area contributed by atoms with Crippen LogP contribution in [0.5, 0.6) is 5.75 Å². The summed E-state index contributed by atoms with van der Waals surface area (Å²) in [6.45, 7) is 3.87. The van der Waals surface area contributed by atoms with E-state index in [1.807, 2.05) is 4.90 Å². The van der Waals surface area contributed by atoms with Gasteiger partial charge in [-0.3, -0.25) is 9.69 Å². The molecule has 4 fully saturated rings.